The average Bonchev–Trinajstić information content (AvgIpc) is 3.75. The Morgan fingerprint density at radius 1 is 1.11 bits per heavy atom. The molecule has 1 aliphatic rings. The molecule has 11 nitrogen and oxygen atoms in total. The number of hydrogen-bond acceptors (Lipinski definition) is 10. The van der Waals surface area contributed by atoms with Crippen LogP contribution in [0.25, 0.3) is 10.4 Å². The first-order chi connectivity index (χ1) is 21.3. The van der Waals surface area contributed by atoms with Gasteiger partial charge in [-0.2, -0.15) is 0 Å². The number of amides is 2. The molecular formula is C31H41BrN4O7S. The molecule has 13 heteroatoms. The zero-order chi connectivity index (χ0) is 31.5. The Morgan fingerprint density at radius 2 is 1.80 bits per heavy atom. The van der Waals surface area contributed by atoms with Crippen molar-refractivity contribution in [2.24, 2.45) is 0 Å². The lowest BCUT2D eigenvalue weighted by Crippen LogP contribution is -2.48. The van der Waals surface area contributed by atoms with E-state index in [0.29, 0.717) is 50.9 Å². The van der Waals surface area contributed by atoms with Crippen molar-refractivity contribution in [3.8, 4) is 10.4 Å². The van der Waals surface area contributed by atoms with Crippen molar-refractivity contribution in [1.29, 1.82) is 0 Å². The second-order valence-corrected chi connectivity index (χ2v) is 12.4. The van der Waals surface area contributed by atoms with E-state index in [1.165, 1.54) is 4.90 Å². The van der Waals surface area contributed by atoms with E-state index in [1.807, 2.05) is 43.6 Å². The van der Waals surface area contributed by atoms with Crippen molar-refractivity contribution < 1.29 is 33.4 Å². The third-order valence-corrected chi connectivity index (χ3v) is 8.75. The molecule has 3 heterocycles. The maximum Gasteiger partial charge on any atom is 0.243 e. The summed E-state index contributed by atoms with van der Waals surface area (Å²) < 4.78 is 22.1. The van der Waals surface area contributed by atoms with Gasteiger partial charge in [0.2, 0.25) is 11.8 Å². The number of thiazole rings is 1. The second-order valence-electron chi connectivity index (χ2n) is 10.8. The van der Waals surface area contributed by atoms with Gasteiger partial charge in [0.1, 0.15) is 17.7 Å². The highest BCUT2D eigenvalue weighted by Gasteiger charge is 2.42. The van der Waals surface area contributed by atoms with Crippen LogP contribution in [0.1, 0.15) is 54.4 Å². The molecule has 1 fully saturated rings. The summed E-state index contributed by atoms with van der Waals surface area (Å²) in [6, 6.07) is 8.62. The molecule has 0 aliphatic carbocycles. The number of benzene rings is 1. The van der Waals surface area contributed by atoms with E-state index in [0.717, 1.165) is 27.0 Å². The van der Waals surface area contributed by atoms with Crippen LogP contribution in [-0.4, -0.2) is 95.6 Å². The minimum Gasteiger partial charge on any atom is -0.391 e. The van der Waals surface area contributed by atoms with E-state index >= 15 is 0 Å². The first kappa shape index (κ1) is 34.2. The molecule has 2 unspecified atom stereocenters. The number of carbonyl (C=O) groups is 2. The molecular weight excluding hydrogens is 652 g/mol. The highest BCUT2D eigenvalue weighted by atomic mass is 79.9. The number of alkyl halides is 1. The van der Waals surface area contributed by atoms with Gasteiger partial charge in [-0.15, -0.1) is 11.3 Å². The van der Waals surface area contributed by atoms with Gasteiger partial charge in [0, 0.05) is 31.0 Å². The van der Waals surface area contributed by atoms with Crippen molar-refractivity contribution in [2.75, 3.05) is 51.5 Å². The fourth-order valence-corrected chi connectivity index (χ4v) is 6.17. The van der Waals surface area contributed by atoms with E-state index in [2.05, 4.69) is 31.4 Å². The van der Waals surface area contributed by atoms with Crippen LogP contribution in [0.15, 0.2) is 40.4 Å². The zero-order valence-corrected chi connectivity index (χ0v) is 27.8. The van der Waals surface area contributed by atoms with Crippen LogP contribution in [-0.2, 0) is 23.8 Å². The predicted octanol–water partition coefficient (Wildman–Crippen LogP) is 4.17. The van der Waals surface area contributed by atoms with E-state index in [9.17, 15) is 14.7 Å². The van der Waals surface area contributed by atoms with Gasteiger partial charge in [-0.05, 0) is 38.3 Å². The summed E-state index contributed by atoms with van der Waals surface area (Å²) in [4.78, 5) is 34.3. The van der Waals surface area contributed by atoms with Crippen LogP contribution >= 0.6 is 27.3 Å². The van der Waals surface area contributed by atoms with Gasteiger partial charge in [-0.1, -0.05) is 45.4 Å². The SMILES string of the molecule is Cc1cc(C(CCOCCOCCOCCBr)C(=O)N2C[C@H](O)C[C@H]2C(=O)NC(C)c2ccc(-c3scnc3C)cc2)on1. The lowest BCUT2D eigenvalue weighted by molar-refractivity contribution is -0.140. The Balaban J connectivity index is 1.34. The third-order valence-electron chi connectivity index (χ3n) is 7.45. The lowest BCUT2D eigenvalue weighted by atomic mass is 9.99. The molecule has 1 aromatic carbocycles. The van der Waals surface area contributed by atoms with E-state index < -0.39 is 18.1 Å². The second kappa shape index (κ2) is 17.1. The van der Waals surface area contributed by atoms with Gasteiger partial charge in [0.25, 0.3) is 0 Å². The molecule has 1 saturated heterocycles. The van der Waals surface area contributed by atoms with Crippen LogP contribution in [0.2, 0.25) is 0 Å². The van der Waals surface area contributed by atoms with Crippen molar-refractivity contribution in [1.82, 2.24) is 20.4 Å². The van der Waals surface area contributed by atoms with E-state index in [1.54, 1.807) is 24.3 Å². The molecule has 4 atom stereocenters. The Labute approximate surface area is 270 Å². The first-order valence-corrected chi connectivity index (χ1v) is 16.8. The highest BCUT2D eigenvalue weighted by molar-refractivity contribution is 9.09. The number of aliphatic hydroxyl groups excluding tert-OH is 1. The fourth-order valence-electron chi connectivity index (χ4n) is 5.13. The molecule has 44 heavy (non-hydrogen) atoms. The number of likely N-dealkylation sites (tertiary alicyclic amines) is 1. The van der Waals surface area contributed by atoms with Crippen LogP contribution < -0.4 is 5.32 Å². The van der Waals surface area contributed by atoms with Crippen molar-refractivity contribution in [2.45, 2.75) is 57.7 Å². The van der Waals surface area contributed by atoms with Gasteiger partial charge in [0.05, 0.1) is 67.0 Å². The summed E-state index contributed by atoms with van der Waals surface area (Å²) in [5.74, 6) is -0.929. The Bertz CT molecular complexity index is 1330. The summed E-state index contributed by atoms with van der Waals surface area (Å²) in [6.07, 6.45) is -0.329. The summed E-state index contributed by atoms with van der Waals surface area (Å²) in [5, 5.41) is 18.3. The monoisotopic (exact) mass is 692 g/mol. The number of β-amino-alcohol motifs (C(OH)–C–C–N with tert-alkyl or cyclic N) is 1. The maximum atomic E-state index is 13.9. The minimum absolute atomic E-state index is 0.0592. The van der Waals surface area contributed by atoms with E-state index in [-0.39, 0.29) is 37.4 Å². The van der Waals surface area contributed by atoms with Crippen LogP contribution in [0.4, 0.5) is 0 Å². The topological polar surface area (TPSA) is 136 Å². The zero-order valence-electron chi connectivity index (χ0n) is 25.4. The van der Waals surface area contributed by atoms with Gasteiger partial charge in [-0.3, -0.25) is 9.59 Å². The van der Waals surface area contributed by atoms with Crippen LogP contribution in [0.3, 0.4) is 0 Å². The number of hydrogen-bond donors (Lipinski definition) is 2. The minimum atomic E-state index is -0.813. The normalized spacial score (nSPS) is 18.0. The number of aryl methyl sites for hydroxylation is 2. The smallest absolute Gasteiger partial charge is 0.243 e. The molecule has 2 N–H and O–H groups in total. The molecule has 0 spiro atoms. The Hall–Kier alpha value is -2.68. The van der Waals surface area contributed by atoms with Crippen molar-refractivity contribution in [3.05, 3.63) is 58.6 Å². The number of nitrogens with one attached hydrogen (secondary N) is 1. The van der Waals surface area contributed by atoms with Gasteiger partial charge in [-0.25, -0.2) is 4.98 Å². The lowest BCUT2D eigenvalue weighted by Gasteiger charge is -2.28. The van der Waals surface area contributed by atoms with Gasteiger partial charge in [0.15, 0.2) is 0 Å². The molecule has 240 valence electrons. The van der Waals surface area contributed by atoms with Crippen molar-refractivity contribution >= 4 is 39.1 Å². The number of halogens is 1. The number of nitrogens with zero attached hydrogens (tertiary/aromatic N) is 3. The summed E-state index contributed by atoms with van der Waals surface area (Å²) in [6.45, 7) is 8.40. The number of carbonyl (C=O) groups excluding carboxylic acids is 2. The molecule has 4 rings (SSSR count). The van der Waals surface area contributed by atoms with Crippen molar-refractivity contribution in [3.63, 3.8) is 0 Å². The quantitative estimate of drug-likeness (QED) is 0.158. The number of aromatic nitrogens is 2. The van der Waals surface area contributed by atoms with Gasteiger partial charge >= 0.3 is 0 Å². The first-order valence-electron chi connectivity index (χ1n) is 14.8. The number of rotatable bonds is 17. The molecule has 0 bridgehead atoms. The fraction of sp³-hybridized carbons (Fsp3) is 0.548. The number of aliphatic hydroxyl groups is 1. The molecule has 1 aliphatic heterocycles. The van der Waals surface area contributed by atoms with Crippen LogP contribution in [0, 0.1) is 13.8 Å². The summed E-state index contributed by atoms with van der Waals surface area (Å²) >= 11 is 4.89. The Kier molecular flexibility index (Phi) is 13.3. The number of ether oxygens (including phenoxy) is 3. The largest absolute Gasteiger partial charge is 0.391 e. The Morgan fingerprint density at radius 3 is 2.41 bits per heavy atom. The van der Waals surface area contributed by atoms with E-state index in [4.69, 9.17) is 18.7 Å². The highest BCUT2D eigenvalue weighted by Crippen LogP contribution is 2.30. The average molecular weight is 694 g/mol. The molecule has 0 saturated carbocycles. The molecule has 2 amide bonds. The summed E-state index contributed by atoms with van der Waals surface area (Å²) in [5.41, 5.74) is 5.46. The maximum absolute atomic E-state index is 13.9. The van der Waals surface area contributed by atoms with Crippen LogP contribution in [0.5, 0.6) is 0 Å². The summed E-state index contributed by atoms with van der Waals surface area (Å²) in [7, 11) is 0. The molecule has 0 radical (unpaired) electrons. The third kappa shape index (κ3) is 9.41. The van der Waals surface area contributed by atoms with Gasteiger partial charge < -0.3 is 34.1 Å². The molecule has 2 aromatic heterocycles. The standard InChI is InChI=1S/C31H41BrN4O7S/c1-20-16-28(43-35-20)26(8-10-40-12-14-42-15-13-41-11-9-32)31(39)36-18-25(37)17-27(36)30(38)34-21(2)23-4-6-24(7-5-23)29-22(3)33-19-44-29/h4-7,16,19,21,25-27,37H,8-15,17-18H2,1-3H3,(H,34,38)/t21?,25-,26?,27+/m1/s1. The predicted molar refractivity (Wildman–Crippen MR) is 170 cm³/mol. The molecule has 3 aromatic rings.